The standard InChI is InChI=1S/C14H29NO4/c1-2-14(16)6-3-4-8-17-10-12-19-13-11-18-9-5-7-15/h2-13,15H2,1H3. The number of nitrogens with two attached hydrogens (primary N) is 1. The zero-order valence-electron chi connectivity index (χ0n) is 12.2. The molecule has 0 fully saturated rings. The van der Waals surface area contributed by atoms with Crippen LogP contribution in [0.5, 0.6) is 0 Å². The molecule has 0 aromatic rings. The van der Waals surface area contributed by atoms with Gasteiger partial charge in [0.2, 0.25) is 0 Å². The van der Waals surface area contributed by atoms with Crippen LogP contribution >= 0.6 is 0 Å². The maximum Gasteiger partial charge on any atom is 0.132 e. The van der Waals surface area contributed by atoms with Crippen molar-refractivity contribution in [3.8, 4) is 0 Å². The van der Waals surface area contributed by atoms with Crippen molar-refractivity contribution in [2.24, 2.45) is 5.73 Å². The van der Waals surface area contributed by atoms with E-state index in [2.05, 4.69) is 0 Å². The lowest BCUT2D eigenvalue weighted by Gasteiger charge is -2.06. The van der Waals surface area contributed by atoms with Gasteiger partial charge in [-0.25, -0.2) is 0 Å². The highest BCUT2D eigenvalue weighted by Gasteiger charge is 1.97. The van der Waals surface area contributed by atoms with Crippen molar-refractivity contribution in [2.75, 3.05) is 46.2 Å². The predicted molar refractivity (Wildman–Crippen MR) is 75.3 cm³/mol. The Bertz CT molecular complexity index is 200. The van der Waals surface area contributed by atoms with Gasteiger partial charge >= 0.3 is 0 Å². The lowest BCUT2D eigenvalue weighted by Crippen LogP contribution is -2.11. The van der Waals surface area contributed by atoms with Crippen molar-refractivity contribution in [2.45, 2.75) is 39.0 Å². The Morgan fingerprint density at radius 1 is 0.842 bits per heavy atom. The van der Waals surface area contributed by atoms with Crippen LogP contribution in [0.3, 0.4) is 0 Å². The van der Waals surface area contributed by atoms with E-state index in [0.29, 0.717) is 64.8 Å². The Morgan fingerprint density at radius 2 is 1.37 bits per heavy atom. The van der Waals surface area contributed by atoms with Gasteiger partial charge in [0.1, 0.15) is 5.78 Å². The monoisotopic (exact) mass is 275 g/mol. The highest BCUT2D eigenvalue weighted by Crippen LogP contribution is 1.99. The normalized spacial score (nSPS) is 10.8. The van der Waals surface area contributed by atoms with E-state index in [4.69, 9.17) is 19.9 Å². The van der Waals surface area contributed by atoms with Gasteiger partial charge in [0.15, 0.2) is 0 Å². The highest BCUT2D eigenvalue weighted by molar-refractivity contribution is 5.77. The summed E-state index contributed by atoms with van der Waals surface area (Å²) >= 11 is 0. The SMILES string of the molecule is CCC(=O)CCCCOCCOCCOCCCN. The van der Waals surface area contributed by atoms with E-state index in [-0.39, 0.29) is 0 Å². The summed E-state index contributed by atoms with van der Waals surface area (Å²) in [5.41, 5.74) is 5.34. The second kappa shape index (κ2) is 15.6. The van der Waals surface area contributed by atoms with E-state index in [9.17, 15) is 4.79 Å². The van der Waals surface area contributed by atoms with Gasteiger partial charge in [-0.15, -0.1) is 0 Å². The van der Waals surface area contributed by atoms with Gasteiger partial charge in [-0.05, 0) is 25.8 Å². The zero-order chi connectivity index (χ0) is 14.2. The van der Waals surface area contributed by atoms with Crippen LogP contribution in [0.4, 0.5) is 0 Å². The molecule has 0 saturated carbocycles. The first-order valence-electron chi connectivity index (χ1n) is 7.26. The second-order valence-electron chi connectivity index (χ2n) is 4.33. The Hall–Kier alpha value is -0.490. The van der Waals surface area contributed by atoms with Crippen LogP contribution in [0.15, 0.2) is 0 Å². The van der Waals surface area contributed by atoms with Crippen LogP contribution in [0, 0.1) is 0 Å². The molecule has 5 heteroatoms. The van der Waals surface area contributed by atoms with Gasteiger partial charge in [-0.3, -0.25) is 4.79 Å². The van der Waals surface area contributed by atoms with Crippen molar-refractivity contribution in [1.82, 2.24) is 0 Å². The molecule has 0 aliphatic rings. The number of Topliss-reactive ketones (excluding diaryl/α,β-unsaturated/α-hetero) is 1. The molecule has 5 nitrogen and oxygen atoms in total. The van der Waals surface area contributed by atoms with Gasteiger partial charge in [-0.1, -0.05) is 6.92 Å². The Morgan fingerprint density at radius 3 is 1.89 bits per heavy atom. The number of hydrogen-bond acceptors (Lipinski definition) is 5. The number of hydrogen-bond donors (Lipinski definition) is 1. The molecule has 0 aromatic heterocycles. The van der Waals surface area contributed by atoms with E-state index < -0.39 is 0 Å². The largest absolute Gasteiger partial charge is 0.379 e. The van der Waals surface area contributed by atoms with Gasteiger partial charge in [0, 0.05) is 26.1 Å². The topological polar surface area (TPSA) is 70.8 Å². The second-order valence-corrected chi connectivity index (χ2v) is 4.33. The summed E-state index contributed by atoms with van der Waals surface area (Å²) in [6.45, 7) is 6.37. The number of ketones is 1. The van der Waals surface area contributed by atoms with Gasteiger partial charge < -0.3 is 19.9 Å². The molecule has 0 aliphatic heterocycles. The molecular formula is C14H29NO4. The summed E-state index contributed by atoms with van der Waals surface area (Å²) in [7, 11) is 0. The molecule has 0 unspecified atom stereocenters. The maximum atomic E-state index is 11.0. The molecule has 0 amide bonds. The molecule has 19 heavy (non-hydrogen) atoms. The average molecular weight is 275 g/mol. The van der Waals surface area contributed by atoms with Crippen molar-refractivity contribution in [1.29, 1.82) is 0 Å². The van der Waals surface area contributed by atoms with E-state index in [0.717, 1.165) is 19.3 Å². The lowest BCUT2D eigenvalue weighted by molar-refractivity contribution is -0.118. The summed E-state index contributed by atoms with van der Waals surface area (Å²) in [6.07, 6.45) is 4.07. The van der Waals surface area contributed by atoms with Crippen LogP contribution in [-0.2, 0) is 19.0 Å². The van der Waals surface area contributed by atoms with Crippen molar-refractivity contribution in [3.05, 3.63) is 0 Å². The number of unbranched alkanes of at least 4 members (excludes halogenated alkanes) is 1. The number of ether oxygens (including phenoxy) is 3. The predicted octanol–water partition coefficient (Wildman–Crippen LogP) is 1.53. The fourth-order valence-corrected chi connectivity index (χ4v) is 1.43. The third-order valence-electron chi connectivity index (χ3n) is 2.63. The Balaban J connectivity index is 2.97. The zero-order valence-corrected chi connectivity index (χ0v) is 12.2. The first-order valence-corrected chi connectivity index (χ1v) is 7.26. The van der Waals surface area contributed by atoms with Gasteiger partial charge in [0.25, 0.3) is 0 Å². The number of carbonyl (C=O) groups is 1. The van der Waals surface area contributed by atoms with Crippen molar-refractivity contribution in [3.63, 3.8) is 0 Å². The lowest BCUT2D eigenvalue weighted by atomic mass is 10.1. The van der Waals surface area contributed by atoms with E-state index >= 15 is 0 Å². The highest BCUT2D eigenvalue weighted by atomic mass is 16.5. The molecule has 2 N–H and O–H groups in total. The molecule has 0 saturated heterocycles. The summed E-state index contributed by atoms with van der Waals surface area (Å²) in [4.78, 5) is 11.0. The molecular weight excluding hydrogens is 246 g/mol. The Kier molecular flexibility index (Phi) is 15.2. The molecule has 0 aromatic carbocycles. The molecule has 0 heterocycles. The molecule has 0 atom stereocenters. The van der Waals surface area contributed by atoms with Crippen molar-refractivity contribution >= 4 is 5.78 Å². The minimum absolute atomic E-state index is 0.331. The molecule has 0 aliphatic carbocycles. The molecule has 0 radical (unpaired) electrons. The van der Waals surface area contributed by atoms with Crippen LogP contribution in [-0.4, -0.2) is 52.0 Å². The average Bonchev–Trinajstić information content (AvgIpc) is 2.43. The summed E-state index contributed by atoms with van der Waals surface area (Å²) in [6, 6.07) is 0. The summed E-state index contributed by atoms with van der Waals surface area (Å²) in [5, 5.41) is 0. The van der Waals surface area contributed by atoms with Crippen LogP contribution in [0.25, 0.3) is 0 Å². The molecule has 0 spiro atoms. The van der Waals surface area contributed by atoms with Gasteiger partial charge in [0.05, 0.1) is 26.4 Å². The van der Waals surface area contributed by atoms with E-state index in [1.54, 1.807) is 0 Å². The van der Waals surface area contributed by atoms with Crippen LogP contribution in [0.1, 0.15) is 39.0 Å². The molecule has 0 bridgehead atoms. The van der Waals surface area contributed by atoms with Crippen molar-refractivity contribution < 1.29 is 19.0 Å². The molecule has 0 rings (SSSR count). The quantitative estimate of drug-likeness (QED) is 0.459. The maximum absolute atomic E-state index is 11.0. The smallest absolute Gasteiger partial charge is 0.132 e. The van der Waals surface area contributed by atoms with E-state index in [1.165, 1.54) is 0 Å². The Labute approximate surface area is 116 Å². The first-order chi connectivity index (χ1) is 9.31. The van der Waals surface area contributed by atoms with Crippen LogP contribution in [0.2, 0.25) is 0 Å². The van der Waals surface area contributed by atoms with Gasteiger partial charge in [-0.2, -0.15) is 0 Å². The van der Waals surface area contributed by atoms with Crippen LogP contribution < -0.4 is 5.73 Å². The minimum Gasteiger partial charge on any atom is -0.379 e. The fraction of sp³-hybridized carbons (Fsp3) is 0.929. The van der Waals surface area contributed by atoms with E-state index in [1.807, 2.05) is 6.92 Å². The minimum atomic E-state index is 0.331. The third-order valence-corrected chi connectivity index (χ3v) is 2.63. The fourth-order valence-electron chi connectivity index (χ4n) is 1.43. The third kappa shape index (κ3) is 15.5. The summed E-state index contributed by atoms with van der Waals surface area (Å²) < 4.78 is 16.0. The number of rotatable bonds is 15. The molecule has 114 valence electrons. The first kappa shape index (κ1) is 18.5. The summed E-state index contributed by atoms with van der Waals surface area (Å²) in [5.74, 6) is 0.331. The number of carbonyl (C=O) groups excluding carboxylic acids is 1.